The molecule has 2 aromatic carbocycles. The number of rotatable bonds is 6. The Labute approximate surface area is 156 Å². The fraction of sp³-hybridized carbons (Fsp3) is 0.111. The Balaban J connectivity index is 2.02. The molecule has 7 heteroatoms. The largest absolute Gasteiger partial charge is 0.386 e. The van der Waals surface area contributed by atoms with E-state index in [1.807, 2.05) is 30.3 Å². The van der Waals surface area contributed by atoms with Gasteiger partial charge < -0.3 is 16.4 Å². The summed E-state index contributed by atoms with van der Waals surface area (Å²) in [7, 11) is 0. The van der Waals surface area contributed by atoms with Gasteiger partial charge in [-0.3, -0.25) is 4.79 Å². The summed E-state index contributed by atoms with van der Waals surface area (Å²) in [6.45, 7) is 0.917. The number of hydrogen-bond acceptors (Lipinski definition) is 4. The van der Waals surface area contributed by atoms with Gasteiger partial charge in [-0.25, -0.2) is 0 Å². The van der Waals surface area contributed by atoms with Crippen LogP contribution in [0.1, 0.15) is 11.1 Å². The fourth-order valence-corrected chi connectivity index (χ4v) is 2.42. The summed E-state index contributed by atoms with van der Waals surface area (Å²) in [5.41, 5.74) is 7.88. The monoisotopic (exact) mass is 374 g/mol. The zero-order valence-corrected chi connectivity index (χ0v) is 14.7. The lowest BCUT2D eigenvalue weighted by molar-refractivity contribution is -0.112. The highest BCUT2D eigenvalue weighted by Gasteiger charge is 2.12. The van der Waals surface area contributed by atoms with Crippen LogP contribution >= 0.6 is 23.2 Å². The maximum absolute atomic E-state index is 12.2. The number of nitrogens with two attached hydrogens (primary N) is 1. The first-order chi connectivity index (χ1) is 12.0. The molecule has 0 atom stereocenters. The van der Waals surface area contributed by atoms with Crippen molar-refractivity contribution in [3.8, 4) is 6.07 Å². The summed E-state index contributed by atoms with van der Waals surface area (Å²) < 4.78 is 0. The van der Waals surface area contributed by atoms with Crippen molar-refractivity contribution in [1.29, 1.82) is 5.26 Å². The molecule has 25 heavy (non-hydrogen) atoms. The molecule has 5 nitrogen and oxygen atoms in total. The minimum absolute atomic E-state index is 0.0778. The van der Waals surface area contributed by atoms with E-state index < -0.39 is 5.91 Å². The van der Waals surface area contributed by atoms with Gasteiger partial charge >= 0.3 is 0 Å². The van der Waals surface area contributed by atoms with Gasteiger partial charge in [0.25, 0.3) is 5.91 Å². The number of nitriles is 1. The van der Waals surface area contributed by atoms with Gasteiger partial charge in [0.15, 0.2) is 0 Å². The molecule has 2 aromatic rings. The fourth-order valence-electron chi connectivity index (χ4n) is 2.08. The first kappa shape index (κ1) is 18.8. The highest BCUT2D eigenvalue weighted by atomic mass is 35.5. The van der Waals surface area contributed by atoms with Gasteiger partial charge in [0, 0.05) is 19.3 Å². The van der Waals surface area contributed by atoms with Crippen molar-refractivity contribution in [2.75, 3.05) is 5.32 Å². The van der Waals surface area contributed by atoms with E-state index in [0.717, 1.165) is 11.1 Å². The summed E-state index contributed by atoms with van der Waals surface area (Å²) >= 11 is 11.9. The van der Waals surface area contributed by atoms with Gasteiger partial charge in [0.1, 0.15) is 11.6 Å². The zero-order valence-electron chi connectivity index (χ0n) is 13.2. The summed E-state index contributed by atoms with van der Waals surface area (Å²) in [6.07, 6.45) is 1.36. The van der Waals surface area contributed by atoms with Gasteiger partial charge in [-0.2, -0.15) is 5.26 Å². The number of carbonyl (C=O) groups is 1. The molecule has 0 aliphatic heterocycles. The number of anilines is 1. The van der Waals surface area contributed by atoms with Crippen LogP contribution < -0.4 is 16.4 Å². The Morgan fingerprint density at radius 3 is 2.64 bits per heavy atom. The van der Waals surface area contributed by atoms with Crippen molar-refractivity contribution >= 4 is 34.8 Å². The van der Waals surface area contributed by atoms with E-state index in [2.05, 4.69) is 10.6 Å². The van der Waals surface area contributed by atoms with Crippen molar-refractivity contribution in [3.05, 3.63) is 75.4 Å². The van der Waals surface area contributed by atoms with Crippen LogP contribution in [-0.2, 0) is 17.9 Å². The number of hydrogen-bond donors (Lipinski definition) is 3. The second-order valence-electron chi connectivity index (χ2n) is 5.13. The molecular weight excluding hydrogens is 359 g/mol. The Bertz CT molecular complexity index is 843. The van der Waals surface area contributed by atoms with Gasteiger partial charge in [0.2, 0.25) is 0 Å². The SMILES string of the molecule is N#C/C(=C/NCc1cccc(CN)c1)C(=O)Nc1cccc(Cl)c1Cl. The lowest BCUT2D eigenvalue weighted by Gasteiger charge is -2.08. The quantitative estimate of drug-likeness (QED) is 0.532. The van der Waals surface area contributed by atoms with Crippen LogP contribution in [0.2, 0.25) is 10.0 Å². The van der Waals surface area contributed by atoms with Crippen molar-refractivity contribution in [2.24, 2.45) is 5.73 Å². The first-order valence-corrected chi connectivity index (χ1v) is 8.17. The molecule has 2 rings (SSSR count). The Hall–Kier alpha value is -2.52. The molecule has 1 amide bonds. The van der Waals surface area contributed by atoms with E-state index in [9.17, 15) is 10.1 Å². The van der Waals surface area contributed by atoms with E-state index >= 15 is 0 Å². The highest BCUT2D eigenvalue weighted by molar-refractivity contribution is 6.44. The number of halogens is 2. The van der Waals surface area contributed by atoms with Gasteiger partial charge in [-0.15, -0.1) is 0 Å². The lowest BCUT2D eigenvalue weighted by atomic mass is 10.1. The molecule has 0 aliphatic rings. The van der Waals surface area contributed by atoms with Crippen molar-refractivity contribution in [2.45, 2.75) is 13.1 Å². The van der Waals surface area contributed by atoms with Crippen molar-refractivity contribution in [1.82, 2.24) is 5.32 Å². The molecule has 0 bridgehead atoms. The maximum Gasteiger partial charge on any atom is 0.267 e. The zero-order chi connectivity index (χ0) is 18.2. The summed E-state index contributed by atoms with van der Waals surface area (Å²) in [5.74, 6) is -0.574. The molecule has 0 spiro atoms. The number of nitrogens with one attached hydrogen (secondary N) is 2. The maximum atomic E-state index is 12.2. The first-order valence-electron chi connectivity index (χ1n) is 7.42. The predicted octanol–water partition coefficient (Wildman–Crippen LogP) is 3.59. The number of amides is 1. The van der Waals surface area contributed by atoms with Crippen molar-refractivity contribution < 1.29 is 4.79 Å². The number of carbonyl (C=O) groups excluding carboxylic acids is 1. The molecule has 0 aromatic heterocycles. The molecule has 128 valence electrons. The smallest absolute Gasteiger partial charge is 0.267 e. The van der Waals surface area contributed by atoms with Gasteiger partial charge in [-0.1, -0.05) is 53.5 Å². The van der Waals surface area contributed by atoms with Crippen LogP contribution in [0.25, 0.3) is 0 Å². The lowest BCUT2D eigenvalue weighted by Crippen LogP contribution is -2.17. The Kier molecular flexibility index (Phi) is 6.84. The number of benzene rings is 2. The topological polar surface area (TPSA) is 90.9 Å². The summed E-state index contributed by atoms with van der Waals surface area (Å²) in [6, 6.07) is 14.4. The van der Waals surface area contributed by atoms with Crippen molar-refractivity contribution in [3.63, 3.8) is 0 Å². The van der Waals surface area contributed by atoms with Crippen LogP contribution in [0.4, 0.5) is 5.69 Å². The van der Waals surface area contributed by atoms with Crippen LogP contribution in [0.3, 0.4) is 0 Å². The molecule has 4 N–H and O–H groups in total. The molecule has 0 unspecified atom stereocenters. The highest BCUT2D eigenvalue weighted by Crippen LogP contribution is 2.29. The molecule has 0 saturated carbocycles. The minimum Gasteiger partial charge on any atom is -0.386 e. The second-order valence-corrected chi connectivity index (χ2v) is 5.92. The Morgan fingerprint density at radius 2 is 1.92 bits per heavy atom. The third kappa shape index (κ3) is 5.23. The predicted molar refractivity (Wildman–Crippen MR) is 100.0 cm³/mol. The average molecular weight is 375 g/mol. The Morgan fingerprint density at radius 1 is 1.20 bits per heavy atom. The molecule has 0 saturated heterocycles. The summed E-state index contributed by atoms with van der Waals surface area (Å²) in [5, 5.41) is 15.2. The van der Waals surface area contributed by atoms with Crippen LogP contribution in [0.5, 0.6) is 0 Å². The van der Waals surface area contributed by atoms with Crippen LogP contribution in [-0.4, -0.2) is 5.91 Å². The molecule has 0 radical (unpaired) electrons. The van der Waals surface area contributed by atoms with E-state index in [4.69, 9.17) is 28.9 Å². The van der Waals surface area contributed by atoms with E-state index in [-0.39, 0.29) is 10.6 Å². The molecular formula is C18H16Cl2N4O. The van der Waals surface area contributed by atoms with Crippen LogP contribution in [0.15, 0.2) is 54.2 Å². The standard InChI is InChI=1S/C18H16Cl2N4O/c19-15-5-2-6-16(17(15)20)24-18(25)14(9-22)11-23-10-13-4-1-3-12(7-13)8-21/h1-7,11,23H,8,10,21H2,(H,24,25)/b14-11-. The third-order valence-electron chi connectivity index (χ3n) is 3.34. The van der Waals surface area contributed by atoms with Gasteiger partial charge in [0.05, 0.1) is 15.7 Å². The van der Waals surface area contributed by atoms with E-state index in [1.165, 1.54) is 6.20 Å². The normalized spacial score (nSPS) is 10.9. The van der Waals surface area contributed by atoms with Gasteiger partial charge in [-0.05, 0) is 23.3 Å². The van der Waals surface area contributed by atoms with E-state index in [1.54, 1.807) is 18.2 Å². The average Bonchev–Trinajstić information content (AvgIpc) is 2.62. The molecule has 0 heterocycles. The minimum atomic E-state index is -0.574. The number of nitrogens with zero attached hydrogens (tertiary/aromatic N) is 1. The molecule has 0 aliphatic carbocycles. The second kappa shape index (κ2) is 9.09. The molecule has 0 fully saturated rings. The summed E-state index contributed by atoms with van der Waals surface area (Å²) in [4.78, 5) is 12.2. The van der Waals surface area contributed by atoms with E-state index in [0.29, 0.717) is 23.8 Å². The van der Waals surface area contributed by atoms with Crippen LogP contribution in [0, 0.1) is 11.3 Å². The third-order valence-corrected chi connectivity index (χ3v) is 4.16.